The van der Waals surface area contributed by atoms with Gasteiger partial charge in [-0.15, -0.1) is 0 Å². The van der Waals surface area contributed by atoms with Crippen LogP contribution in [0.25, 0.3) is 0 Å². The Morgan fingerprint density at radius 3 is 2.57 bits per heavy atom. The van der Waals surface area contributed by atoms with Crippen LogP contribution in [0.3, 0.4) is 0 Å². The van der Waals surface area contributed by atoms with Crippen molar-refractivity contribution in [2.75, 3.05) is 6.26 Å². The number of hydrogen-bond acceptors (Lipinski definition) is 4. The van der Waals surface area contributed by atoms with E-state index in [0.717, 1.165) is 11.8 Å². The van der Waals surface area contributed by atoms with E-state index in [1.807, 2.05) is 0 Å². The summed E-state index contributed by atoms with van der Waals surface area (Å²) in [6.07, 6.45) is 1.10. The number of rotatable bonds is 3. The Balaban J connectivity index is 3.15. The van der Waals surface area contributed by atoms with Gasteiger partial charge < -0.3 is 0 Å². The van der Waals surface area contributed by atoms with Crippen LogP contribution in [0, 0.1) is 0 Å². The Hall–Kier alpha value is -0.620. The average Bonchev–Trinajstić information content (AvgIpc) is 2.02. The summed E-state index contributed by atoms with van der Waals surface area (Å²) in [5.41, 5.74) is 0.727. The molecule has 4 nitrogen and oxygen atoms in total. The summed E-state index contributed by atoms with van der Waals surface area (Å²) < 4.78 is 22.4. The third-order valence-electron chi connectivity index (χ3n) is 1.65. The van der Waals surface area contributed by atoms with Crippen molar-refractivity contribution < 1.29 is 13.3 Å². The van der Waals surface area contributed by atoms with Crippen molar-refractivity contribution in [1.82, 2.24) is 0 Å². The Bertz CT molecular complexity index is 430. The summed E-state index contributed by atoms with van der Waals surface area (Å²) in [5.74, 6) is 4.87. The Morgan fingerprint density at radius 2 is 2.14 bits per heavy atom. The van der Waals surface area contributed by atoms with Crippen molar-refractivity contribution in [2.45, 2.75) is 11.5 Å². The van der Waals surface area contributed by atoms with Crippen molar-refractivity contribution in [1.29, 1.82) is 0 Å². The minimum Gasteiger partial charge on any atom is -0.300 e. The SMILES string of the molecule is CS(=O)(=O)c1ccc(CON)cc1Cl. The molecule has 1 aromatic carbocycles. The topological polar surface area (TPSA) is 69.4 Å². The lowest BCUT2D eigenvalue weighted by Gasteiger charge is -2.04. The van der Waals surface area contributed by atoms with Crippen LogP contribution in [0.5, 0.6) is 0 Å². The number of sulfone groups is 1. The molecule has 14 heavy (non-hydrogen) atoms. The van der Waals surface area contributed by atoms with Crippen LogP contribution in [0.15, 0.2) is 23.1 Å². The van der Waals surface area contributed by atoms with Crippen molar-refractivity contribution in [2.24, 2.45) is 5.90 Å². The molecule has 6 heteroatoms. The van der Waals surface area contributed by atoms with Gasteiger partial charge in [-0.1, -0.05) is 17.7 Å². The first kappa shape index (κ1) is 11.5. The fourth-order valence-corrected chi connectivity index (χ4v) is 2.38. The van der Waals surface area contributed by atoms with Gasteiger partial charge in [0, 0.05) is 6.26 Å². The molecule has 0 aliphatic rings. The van der Waals surface area contributed by atoms with Crippen molar-refractivity contribution in [3.05, 3.63) is 28.8 Å². The lowest BCUT2D eigenvalue weighted by Crippen LogP contribution is -2.01. The largest absolute Gasteiger partial charge is 0.300 e. The van der Waals surface area contributed by atoms with Crippen molar-refractivity contribution >= 4 is 21.4 Å². The molecule has 0 bridgehead atoms. The first-order valence-corrected chi connectivity index (χ1v) is 6.02. The Kier molecular flexibility index (Phi) is 3.49. The third kappa shape index (κ3) is 2.68. The Labute approximate surface area is 87.5 Å². The highest BCUT2D eigenvalue weighted by atomic mass is 35.5. The lowest BCUT2D eigenvalue weighted by molar-refractivity contribution is 0.124. The summed E-state index contributed by atoms with van der Waals surface area (Å²) in [7, 11) is -3.27. The highest BCUT2D eigenvalue weighted by Crippen LogP contribution is 2.22. The van der Waals surface area contributed by atoms with Gasteiger partial charge in [0.05, 0.1) is 16.5 Å². The second-order valence-electron chi connectivity index (χ2n) is 2.85. The van der Waals surface area contributed by atoms with E-state index in [2.05, 4.69) is 4.84 Å². The second kappa shape index (κ2) is 4.27. The zero-order valence-corrected chi connectivity index (χ0v) is 9.10. The van der Waals surface area contributed by atoms with E-state index in [9.17, 15) is 8.42 Å². The number of hydrogen-bond donors (Lipinski definition) is 1. The van der Waals surface area contributed by atoms with Crippen LogP contribution in [0.1, 0.15) is 5.56 Å². The van der Waals surface area contributed by atoms with Crippen molar-refractivity contribution in [3.8, 4) is 0 Å². The van der Waals surface area contributed by atoms with E-state index in [0.29, 0.717) is 0 Å². The number of benzene rings is 1. The monoisotopic (exact) mass is 235 g/mol. The zero-order chi connectivity index (χ0) is 10.8. The van der Waals surface area contributed by atoms with Gasteiger partial charge in [0.1, 0.15) is 0 Å². The van der Waals surface area contributed by atoms with Gasteiger partial charge in [-0.25, -0.2) is 14.3 Å². The molecule has 0 spiro atoms. The number of halogens is 1. The van der Waals surface area contributed by atoms with Gasteiger partial charge in [0.2, 0.25) is 0 Å². The normalized spacial score (nSPS) is 11.6. The average molecular weight is 236 g/mol. The molecule has 0 radical (unpaired) electrons. The van der Waals surface area contributed by atoms with E-state index in [-0.39, 0.29) is 16.5 Å². The summed E-state index contributed by atoms with van der Waals surface area (Å²) in [4.78, 5) is 4.51. The molecule has 0 aliphatic carbocycles. The van der Waals surface area contributed by atoms with Gasteiger partial charge in [-0.05, 0) is 17.7 Å². The summed E-state index contributed by atoms with van der Waals surface area (Å²) in [6.45, 7) is 0.198. The predicted octanol–water partition coefficient (Wildman–Crippen LogP) is 1.13. The van der Waals surface area contributed by atoms with Crippen LogP contribution < -0.4 is 5.90 Å². The highest BCUT2D eigenvalue weighted by Gasteiger charge is 2.11. The molecule has 0 unspecified atom stereocenters. The first-order valence-electron chi connectivity index (χ1n) is 3.75. The van der Waals surface area contributed by atoms with E-state index in [1.54, 1.807) is 6.07 Å². The molecule has 0 fully saturated rings. The second-order valence-corrected chi connectivity index (χ2v) is 5.24. The van der Waals surface area contributed by atoms with Gasteiger partial charge in [0.15, 0.2) is 9.84 Å². The first-order chi connectivity index (χ1) is 6.45. The quantitative estimate of drug-likeness (QED) is 0.798. The molecule has 78 valence electrons. The Morgan fingerprint density at radius 1 is 1.50 bits per heavy atom. The summed E-state index contributed by atoms with van der Waals surface area (Å²) in [6, 6.07) is 4.56. The maximum Gasteiger partial charge on any atom is 0.176 e. The molecule has 0 aromatic heterocycles. The van der Waals surface area contributed by atoms with Gasteiger partial charge in [0.25, 0.3) is 0 Å². The van der Waals surface area contributed by atoms with E-state index in [4.69, 9.17) is 17.5 Å². The maximum atomic E-state index is 11.2. The molecule has 0 atom stereocenters. The molecule has 0 amide bonds. The van der Waals surface area contributed by atoms with E-state index >= 15 is 0 Å². The molecule has 0 heterocycles. The third-order valence-corrected chi connectivity index (χ3v) is 3.23. The fourth-order valence-electron chi connectivity index (χ4n) is 1.03. The van der Waals surface area contributed by atoms with Crippen LogP contribution in [-0.2, 0) is 21.3 Å². The maximum absolute atomic E-state index is 11.2. The van der Waals surface area contributed by atoms with Crippen LogP contribution in [0.2, 0.25) is 5.02 Å². The molecule has 2 N–H and O–H groups in total. The molecule has 1 aromatic rings. The number of nitrogens with two attached hydrogens (primary N) is 1. The highest BCUT2D eigenvalue weighted by molar-refractivity contribution is 7.90. The molecular weight excluding hydrogens is 226 g/mol. The molecular formula is C8H10ClNO3S. The molecule has 0 saturated carbocycles. The van der Waals surface area contributed by atoms with Gasteiger partial charge in [-0.3, -0.25) is 4.84 Å². The minimum absolute atomic E-state index is 0.111. The molecule has 0 aliphatic heterocycles. The predicted molar refractivity (Wildman–Crippen MR) is 53.5 cm³/mol. The fraction of sp³-hybridized carbons (Fsp3) is 0.250. The summed E-state index contributed by atoms with van der Waals surface area (Å²) in [5, 5.41) is 0.182. The van der Waals surface area contributed by atoms with Crippen LogP contribution in [-0.4, -0.2) is 14.7 Å². The van der Waals surface area contributed by atoms with E-state index in [1.165, 1.54) is 12.1 Å². The standard InChI is InChI=1S/C8H10ClNO3S/c1-14(11,12)8-3-2-6(5-13-10)4-7(8)9/h2-4H,5,10H2,1H3. The minimum atomic E-state index is -3.27. The molecule has 0 saturated heterocycles. The summed E-state index contributed by atoms with van der Waals surface area (Å²) >= 11 is 5.77. The van der Waals surface area contributed by atoms with Gasteiger partial charge in [-0.2, -0.15) is 0 Å². The smallest absolute Gasteiger partial charge is 0.176 e. The lowest BCUT2D eigenvalue weighted by atomic mass is 10.2. The molecule has 1 rings (SSSR count). The van der Waals surface area contributed by atoms with Crippen molar-refractivity contribution in [3.63, 3.8) is 0 Å². The van der Waals surface area contributed by atoms with Gasteiger partial charge >= 0.3 is 0 Å². The van der Waals surface area contributed by atoms with Crippen LogP contribution >= 0.6 is 11.6 Å². The zero-order valence-electron chi connectivity index (χ0n) is 7.53. The van der Waals surface area contributed by atoms with E-state index < -0.39 is 9.84 Å². The van der Waals surface area contributed by atoms with Crippen LogP contribution in [0.4, 0.5) is 0 Å².